The van der Waals surface area contributed by atoms with Gasteiger partial charge in [-0.05, 0) is 56.5 Å². The first kappa shape index (κ1) is 21.3. The summed E-state index contributed by atoms with van der Waals surface area (Å²) in [6, 6.07) is 13.1. The number of rotatable bonds is 5. The van der Waals surface area contributed by atoms with Crippen molar-refractivity contribution in [2.75, 3.05) is 23.3 Å². The van der Waals surface area contributed by atoms with Gasteiger partial charge in [-0.3, -0.25) is 4.79 Å². The fourth-order valence-corrected chi connectivity index (χ4v) is 4.55. The van der Waals surface area contributed by atoms with Gasteiger partial charge < -0.3 is 10.2 Å². The quantitative estimate of drug-likeness (QED) is 0.593. The third-order valence-electron chi connectivity index (χ3n) is 5.36. The lowest BCUT2D eigenvalue weighted by Gasteiger charge is -2.33. The summed E-state index contributed by atoms with van der Waals surface area (Å²) < 4.78 is 14.2. The Labute approximate surface area is 186 Å². The van der Waals surface area contributed by atoms with Gasteiger partial charge >= 0.3 is 0 Å². The van der Waals surface area contributed by atoms with Crippen LogP contribution < -0.4 is 10.2 Å². The highest BCUT2D eigenvalue weighted by atomic mass is 32.2. The largest absolute Gasteiger partial charge is 0.354 e. The normalized spacial score (nSPS) is 16.2. The molecule has 0 saturated carbocycles. The van der Waals surface area contributed by atoms with Gasteiger partial charge in [-0.1, -0.05) is 35.5 Å². The van der Waals surface area contributed by atoms with Gasteiger partial charge in [-0.25, -0.2) is 14.4 Å². The van der Waals surface area contributed by atoms with Crippen molar-refractivity contribution in [2.45, 2.75) is 36.6 Å². The standard InChI is InChI=1S/C24H25FN4OS/c1-16-5-8-19(9-6-16)31-24-22(26-11-12-27-24)29-13-3-4-18(15-29)23(30)28-21-10-7-17(2)14-20(21)25/h5-12,14,18H,3-4,13,15H2,1-2H3,(H,28,30)/t18-/m0/s1. The molecule has 5 nitrogen and oxygen atoms in total. The molecule has 1 saturated heterocycles. The summed E-state index contributed by atoms with van der Waals surface area (Å²) in [6.45, 7) is 5.21. The van der Waals surface area contributed by atoms with Gasteiger partial charge in [-0.2, -0.15) is 0 Å². The molecule has 0 radical (unpaired) electrons. The van der Waals surface area contributed by atoms with E-state index in [4.69, 9.17) is 0 Å². The fraction of sp³-hybridized carbons (Fsp3) is 0.292. The zero-order valence-electron chi connectivity index (χ0n) is 17.6. The molecule has 1 fully saturated rings. The van der Waals surface area contributed by atoms with Gasteiger partial charge in [0, 0.05) is 30.4 Å². The number of halogens is 1. The van der Waals surface area contributed by atoms with E-state index >= 15 is 0 Å². The number of hydrogen-bond donors (Lipinski definition) is 1. The molecule has 3 aromatic rings. The van der Waals surface area contributed by atoms with Crippen molar-refractivity contribution < 1.29 is 9.18 Å². The minimum Gasteiger partial charge on any atom is -0.354 e. The number of amides is 1. The predicted molar refractivity (Wildman–Crippen MR) is 122 cm³/mol. The van der Waals surface area contributed by atoms with Crippen LogP contribution >= 0.6 is 11.8 Å². The maximum atomic E-state index is 14.2. The van der Waals surface area contributed by atoms with Gasteiger partial charge in [0.2, 0.25) is 5.91 Å². The monoisotopic (exact) mass is 436 g/mol. The van der Waals surface area contributed by atoms with Gasteiger partial charge in [0.05, 0.1) is 11.6 Å². The third-order valence-corrected chi connectivity index (χ3v) is 6.35. The van der Waals surface area contributed by atoms with E-state index in [0.29, 0.717) is 6.54 Å². The Balaban J connectivity index is 1.48. The highest BCUT2D eigenvalue weighted by Crippen LogP contribution is 2.34. The molecule has 2 heterocycles. The molecule has 0 spiro atoms. The van der Waals surface area contributed by atoms with Crippen molar-refractivity contribution >= 4 is 29.2 Å². The van der Waals surface area contributed by atoms with E-state index in [1.165, 1.54) is 11.6 Å². The van der Waals surface area contributed by atoms with E-state index in [2.05, 4.69) is 51.4 Å². The number of piperidine rings is 1. The molecule has 4 rings (SSSR count). The van der Waals surface area contributed by atoms with Crippen molar-refractivity contribution in [1.29, 1.82) is 0 Å². The van der Waals surface area contributed by atoms with Crippen LogP contribution in [0.5, 0.6) is 0 Å². The first-order valence-electron chi connectivity index (χ1n) is 10.4. The molecule has 160 valence electrons. The highest BCUT2D eigenvalue weighted by Gasteiger charge is 2.28. The lowest BCUT2D eigenvalue weighted by Crippen LogP contribution is -2.41. The SMILES string of the molecule is Cc1ccc(Sc2nccnc2N2CCC[C@H](C(=O)Nc3ccc(C)cc3F)C2)cc1. The van der Waals surface area contributed by atoms with Crippen LogP contribution in [0.3, 0.4) is 0 Å². The second-order valence-electron chi connectivity index (χ2n) is 7.86. The average Bonchev–Trinajstić information content (AvgIpc) is 2.78. The van der Waals surface area contributed by atoms with Crippen LogP contribution in [0.25, 0.3) is 0 Å². The Hall–Kier alpha value is -2.93. The van der Waals surface area contributed by atoms with Crippen LogP contribution in [0.15, 0.2) is 64.8 Å². The van der Waals surface area contributed by atoms with Crippen molar-refractivity contribution in [3.05, 3.63) is 71.8 Å². The molecule has 1 atom stereocenters. The van der Waals surface area contributed by atoms with Crippen molar-refractivity contribution in [1.82, 2.24) is 9.97 Å². The summed E-state index contributed by atoms with van der Waals surface area (Å²) in [5, 5.41) is 3.57. The topological polar surface area (TPSA) is 58.1 Å². The van der Waals surface area contributed by atoms with Gasteiger partial charge in [0.25, 0.3) is 0 Å². The molecule has 1 aliphatic heterocycles. The fourth-order valence-electron chi connectivity index (χ4n) is 3.66. The Kier molecular flexibility index (Phi) is 6.51. The van der Waals surface area contributed by atoms with Crippen LogP contribution in [-0.2, 0) is 4.79 Å². The van der Waals surface area contributed by atoms with Gasteiger partial charge in [-0.15, -0.1) is 0 Å². The third kappa shape index (κ3) is 5.22. The molecule has 31 heavy (non-hydrogen) atoms. The zero-order chi connectivity index (χ0) is 21.8. The van der Waals surface area contributed by atoms with Crippen LogP contribution in [0.2, 0.25) is 0 Å². The summed E-state index contributed by atoms with van der Waals surface area (Å²) in [4.78, 5) is 25.2. The molecule has 0 aliphatic carbocycles. The number of anilines is 2. The maximum Gasteiger partial charge on any atom is 0.229 e. The minimum atomic E-state index is -0.410. The summed E-state index contributed by atoms with van der Waals surface area (Å²) >= 11 is 1.57. The van der Waals surface area contributed by atoms with Crippen LogP contribution in [0.4, 0.5) is 15.9 Å². The lowest BCUT2D eigenvalue weighted by molar-refractivity contribution is -0.120. The number of aryl methyl sites for hydroxylation is 2. The lowest BCUT2D eigenvalue weighted by atomic mass is 9.97. The number of aromatic nitrogens is 2. The number of carbonyl (C=O) groups excluding carboxylic acids is 1. The summed E-state index contributed by atoms with van der Waals surface area (Å²) in [7, 11) is 0. The number of benzene rings is 2. The second-order valence-corrected chi connectivity index (χ2v) is 8.92. The molecular formula is C24H25FN4OS. The Morgan fingerprint density at radius 1 is 1.10 bits per heavy atom. The first-order chi connectivity index (χ1) is 15.0. The smallest absolute Gasteiger partial charge is 0.229 e. The molecule has 2 aromatic carbocycles. The van der Waals surface area contributed by atoms with Crippen LogP contribution in [-0.4, -0.2) is 29.0 Å². The Morgan fingerprint density at radius 2 is 1.84 bits per heavy atom. The Bertz CT molecular complexity index is 1070. The van der Waals surface area contributed by atoms with Crippen molar-refractivity contribution in [2.24, 2.45) is 5.92 Å². The predicted octanol–water partition coefficient (Wildman–Crippen LogP) is 5.24. The zero-order valence-corrected chi connectivity index (χ0v) is 18.5. The minimum absolute atomic E-state index is 0.163. The van der Waals surface area contributed by atoms with E-state index in [1.807, 2.05) is 6.92 Å². The first-order valence-corrected chi connectivity index (χ1v) is 11.2. The van der Waals surface area contributed by atoms with Crippen molar-refractivity contribution in [3.63, 3.8) is 0 Å². The molecular weight excluding hydrogens is 411 g/mol. The average molecular weight is 437 g/mol. The van der Waals surface area contributed by atoms with E-state index in [1.54, 1.807) is 36.3 Å². The second kappa shape index (κ2) is 9.47. The number of nitrogens with zero attached hydrogens (tertiary/aromatic N) is 3. The van der Waals surface area contributed by atoms with Crippen molar-refractivity contribution in [3.8, 4) is 0 Å². The summed E-state index contributed by atoms with van der Waals surface area (Å²) in [5.41, 5.74) is 2.25. The van der Waals surface area contributed by atoms with E-state index in [0.717, 1.165) is 40.7 Å². The maximum absolute atomic E-state index is 14.2. The number of hydrogen-bond acceptors (Lipinski definition) is 5. The molecule has 1 aromatic heterocycles. The Morgan fingerprint density at radius 3 is 2.61 bits per heavy atom. The van der Waals surface area contributed by atoms with E-state index in [9.17, 15) is 9.18 Å². The van der Waals surface area contributed by atoms with Gasteiger partial charge in [0.1, 0.15) is 10.8 Å². The molecule has 1 N–H and O–H groups in total. The molecule has 0 bridgehead atoms. The molecule has 0 unspecified atom stereocenters. The molecule has 7 heteroatoms. The van der Waals surface area contributed by atoms with Gasteiger partial charge in [0.15, 0.2) is 5.82 Å². The summed E-state index contributed by atoms with van der Waals surface area (Å²) in [6.07, 6.45) is 4.99. The van der Waals surface area contributed by atoms with E-state index < -0.39 is 5.82 Å². The van der Waals surface area contributed by atoms with Crippen LogP contribution in [0, 0.1) is 25.6 Å². The molecule has 1 amide bonds. The van der Waals surface area contributed by atoms with Crippen LogP contribution in [0.1, 0.15) is 24.0 Å². The highest BCUT2D eigenvalue weighted by molar-refractivity contribution is 7.99. The van der Waals surface area contributed by atoms with E-state index in [-0.39, 0.29) is 17.5 Å². The number of carbonyl (C=O) groups is 1. The molecule has 1 aliphatic rings. The number of nitrogens with one attached hydrogen (secondary N) is 1. The summed E-state index contributed by atoms with van der Waals surface area (Å²) in [5.74, 6) is -0.0309.